The summed E-state index contributed by atoms with van der Waals surface area (Å²) in [5.74, 6) is 0.380. The Hall–Kier alpha value is -2.34. The zero-order valence-electron chi connectivity index (χ0n) is 16.7. The van der Waals surface area contributed by atoms with Crippen molar-refractivity contribution in [2.24, 2.45) is 0 Å². The minimum atomic E-state index is -0.243. The zero-order valence-corrected chi connectivity index (χ0v) is 18.3. The molecule has 29 heavy (non-hydrogen) atoms. The lowest BCUT2D eigenvalue weighted by molar-refractivity contribution is 0.0724. The number of carbonyl (C=O) groups excluding carboxylic acids is 2. The van der Waals surface area contributed by atoms with Gasteiger partial charge in [-0.15, -0.1) is 0 Å². The van der Waals surface area contributed by atoms with Crippen molar-refractivity contribution in [2.45, 2.75) is 39.0 Å². The van der Waals surface area contributed by atoms with Gasteiger partial charge in [-0.2, -0.15) is 0 Å². The third-order valence-corrected chi connectivity index (χ3v) is 5.47. The van der Waals surface area contributed by atoms with Crippen molar-refractivity contribution in [3.63, 3.8) is 0 Å². The van der Waals surface area contributed by atoms with Crippen LogP contribution in [-0.4, -0.2) is 36.4 Å². The fraction of sp³-hybridized carbons (Fsp3) is 0.391. The molecular formula is C23H27BrN2O3. The molecule has 1 aliphatic rings. The summed E-state index contributed by atoms with van der Waals surface area (Å²) in [4.78, 5) is 27.3. The van der Waals surface area contributed by atoms with Gasteiger partial charge in [0.25, 0.3) is 11.8 Å². The number of piperidine rings is 1. The summed E-state index contributed by atoms with van der Waals surface area (Å²) in [6, 6.07) is 12.5. The van der Waals surface area contributed by atoms with Crippen molar-refractivity contribution in [2.75, 3.05) is 25.0 Å². The molecule has 0 radical (unpaired) electrons. The topological polar surface area (TPSA) is 58.6 Å². The summed E-state index contributed by atoms with van der Waals surface area (Å²) < 4.78 is 6.59. The third-order valence-electron chi connectivity index (χ3n) is 4.97. The second kappa shape index (κ2) is 10.4. The standard InChI is InChI=1S/C23H27BrN2O3/c1-2-3-15-29-21-12-9-18(24)16-20(21)22(27)25-19-10-7-17(8-11-19)23(28)26-13-5-4-6-14-26/h7-12,16H,2-6,13-15H2,1H3,(H,25,27). The van der Waals surface area contributed by atoms with Crippen LogP contribution in [-0.2, 0) is 0 Å². The van der Waals surface area contributed by atoms with Gasteiger partial charge in [-0.3, -0.25) is 9.59 Å². The summed E-state index contributed by atoms with van der Waals surface area (Å²) in [7, 11) is 0. The van der Waals surface area contributed by atoms with Gasteiger partial charge in [0.15, 0.2) is 0 Å². The maximum Gasteiger partial charge on any atom is 0.259 e. The van der Waals surface area contributed by atoms with E-state index in [1.165, 1.54) is 6.42 Å². The van der Waals surface area contributed by atoms with E-state index in [-0.39, 0.29) is 11.8 Å². The minimum absolute atomic E-state index is 0.0566. The van der Waals surface area contributed by atoms with Gasteiger partial charge in [0.1, 0.15) is 5.75 Å². The van der Waals surface area contributed by atoms with E-state index in [9.17, 15) is 9.59 Å². The molecule has 0 spiro atoms. The number of halogens is 1. The fourth-order valence-electron chi connectivity index (χ4n) is 3.31. The molecule has 1 aliphatic heterocycles. The van der Waals surface area contributed by atoms with Gasteiger partial charge in [0.05, 0.1) is 12.2 Å². The van der Waals surface area contributed by atoms with Crippen LogP contribution >= 0.6 is 15.9 Å². The Morgan fingerprint density at radius 2 is 1.79 bits per heavy atom. The molecule has 0 atom stereocenters. The molecule has 0 saturated carbocycles. The molecule has 0 aliphatic carbocycles. The zero-order chi connectivity index (χ0) is 20.6. The van der Waals surface area contributed by atoms with Crippen molar-refractivity contribution in [1.29, 1.82) is 0 Å². The monoisotopic (exact) mass is 458 g/mol. The number of rotatable bonds is 7. The van der Waals surface area contributed by atoms with Crippen LogP contribution in [0.1, 0.15) is 59.7 Å². The van der Waals surface area contributed by atoms with Crippen LogP contribution in [0.2, 0.25) is 0 Å². The third kappa shape index (κ3) is 5.82. The molecule has 1 N–H and O–H groups in total. The molecule has 5 nitrogen and oxygen atoms in total. The van der Waals surface area contributed by atoms with Crippen LogP contribution in [0.4, 0.5) is 5.69 Å². The van der Waals surface area contributed by atoms with Gasteiger partial charge < -0.3 is 15.0 Å². The van der Waals surface area contributed by atoms with E-state index in [1.807, 2.05) is 11.0 Å². The van der Waals surface area contributed by atoms with Gasteiger partial charge in [-0.25, -0.2) is 0 Å². The lowest BCUT2D eigenvalue weighted by Crippen LogP contribution is -2.35. The number of nitrogens with one attached hydrogen (secondary N) is 1. The Labute approximate surface area is 180 Å². The summed E-state index contributed by atoms with van der Waals surface area (Å²) >= 11 is 3.42. The normalized spacial score (nSPS) is 13.8. The minimum Gasteiger partial charge on any atom is -0.493 e. The molecule has 1 saturated heterocycles. The van der Waals surface area contributed by atoms with E-state index in [0.29, 0.717) is 29.2 Å². The molecule has 6 heteroatoms. The van der Waals surface area contributed by atoms with Gasteiger partial charge in [-0.1, -0.05) is 29.3 Å². The molecule has 0 bridgehead atoms. The van der Waals surface area contributed by atoms with E-state index < -0.39 is 0 Å². The van der Waals surface area contributed by atoms with Gasteiger partial charge >= 0.3 is 0 Å². The molecular weight excluding hydrogens is 432 g/mol. The summed E-state index contributed by atoms with van der Waals surface area (Å²) in [5, 5.41) is 2.90. The Morgan fingerprint density at radius 3 is 2.48 bits per heavy atom. The first-order valence-electron chi connectivity index (χ1n) is 10.2. The van der Waals surface area contributed by atoms with E-state index in [0.717, 1.165) is 43.2 Å². The summed E-state index contributed by atoms with van der Waals surface area (Å²) in [6.45, 7) is 4.31. The van der Waals surface area contributed by atoms with Gasteiger partial charge in [0, 0.05) is 28.8 Å². The molecule has 1 fully saturated rings. The van der Waals surface area contributed by atoms with Crippen LogP contribution in [0.25, 0.3) is 0 Å². The van der Waals surface area contributed by atoms with Crippen LogP contribution in [0.3, 0.4) is 0 Å². The quantitative estimate of drug-likeness (QED) is 0.556. The molecule has 0 unspecified atom stereocenters. The van der Waals surface area contributed by atoms with Crippen molar-refractivity contribution in [3.8, 4) is 5.75 Å². The number of benzene rings is 2. The smallest absolute Gasteiger partial charge is 0.259 e. The molecule has 154 valence electrons. The number of hydrogen-bond acceptors (Lipinski definition) is 3. The van der Waals surface area contributed by atoms with E-state index in [2.05, 4.69) is 28.2 Å². The predicted molar refractivity (Wildman–Crippen MR) is 119 cm³/mol. The Balaban J connectivity index is 1.67. The lowest BCUT2D eigenvalue weighted by atomic mass is 10.1. The first-order valence-corrected chi connectivity index (χ1v) is 11.0. The predicted octanol–water partition coefficient (Wildman–Crippen LogP) is 5.51. The lowest BCUT2D eigenvalue weighted by Gasteiger charge is -2.26. The highest BCUT2D eigenvalue weighted by molar-refractivity contribution is 9.10. The maximum absolute atomic E-state index is 12.8. The first-order chi connectivity index (χ1) is 14.1. The molecule has 3 rings (SSSR count). The number of anilines is 1. The molecule has 2 amide bonds. The number of unbranched alkanes of at least 4 members (excludes halogenated alkanes) is 1. The maximum atomic E-state index is 12.8. The Morgan fingerprint density at radius 1 is 1.07 bits per heavy atom. The number of likely N-dealkylation sites (tertiary alicyclic amines) is 1. The second-order valence-corrected chi connectivity index (χ2v) is 8.14. The van der Waals surface area contributed by atoms with Crippen molar-refractivity contribution in [1.82, 2.24) is 4.90 Å². The van der Waals surface area contributed by atoms with Crippen molar-refractivity contribution < 1.29 is 14.3 Å². The summed E-state index contributed by atoms with van der Waals surface area (Å²) in [5.41, 5.74) is 1.77. The van der Waals surface area contributed by atoms with Crippen molar-refractivity contribution in [3.05, 3.63) is 58.1 Å². The highest BCUT2D eigenvalue weighted by Gasteiger charge is 2.18. The van der Waals surface area contributed by atoms with Crippen LogP contribution in [0, 0.1) is 0 Å². The molecule has 1 heterocycles. The van der Waals surface area contributed by atoms with E-state index in [1.54, 1.807) is 36.4 Å². The number of hydrogen-bond donors (Lipinski definition) is 1. The SMILES string of the molecule is CCCCOc1ccc(Br)cc1C(=O)Nc1ccc(C(=O)N2CCCCC2)cc1. The first kappa shape index (κ1) is 21.4. The van der Waals surface area contributed by atoms with E-state index in [4.69, 9.17) is 4.74 Å². The Kier molecular flexibility index (Phi) is 7.69. The molecule has 0 aromatic heterocycles. The molecule has 2 aromatic carbocycles. The van der Waals surface area contributed by atoms with Crippen LogP contribution in [0.15, 0.2) is 46.9 Å². The van der Waals surface area contributed by atoms with Gasteiger partial charge in [0.2, 0.25) is 0 Å². The number of nitrogens with zero attached hydrogens (tertiary/aromatic N) is 1. The average molecular weight is 459 g/mol. The number of amides is 2. The highest BCUT2D eigenvalue weighted by Crippen LogP contribution is 2.25. The summed E-state index contributed by atoms with van der Waals surface area (Å²) in [6.07, 6.45) is 5.28. The van der Waals surface area contributed by atoms with Crippen LogP contribution < -0.4 is 10.1 Å². The Bertz CT molecular complexity index is 846. The number of ether oxygens (including phenoxy) is 1. The van der Waals surface area contributed by atoms with Gasteiger partial charge in [-0.05, 0) is 68.1 Å². The van der Waals surface area contributed by atoms with E-state index >= 15 is 0 Å². The number of carbonyl (C=O) groups is 2. The largest absolute Gasteiger partial charge is 0.493 e. The second-order valence-electron chi connectivity index (χ2n) is 7.23. The average Bonchev–Trinajstić information content (AvgIpc) is 2.75. The fourth-order valence-corrected chi connectivity index (χ4v) is 3.67. The molecule has 2 aromatic rings. The van der Waals surface area contributed by atoms with Crippen LogP contribution in [0.5, 0.6) is 5.75 Å². The highest BCUT2D eigenvalue weighted by atomic mass is 79.9. The van der Waals surface area contributed by atoms with Crippen molar-refractivity contribution >= 4 is 33.4 Å².